The van der Waals surface area contributed by atoms with Crippen molar-refractivity contribution in [3.05, 3.63) is 93.6 Å². The van der Waals surface area contributed by atoms with Crippen LogP contribution in [0.15, 0.2) is 48.5 Å². The predicted octanol–water partition coefficient (Wildman–Crippen LogP) is 4.50. The Hall–Kier alpha value is -2.66. The number of nitrogens with zero attached hydrogens (tertiary/aromatic N) is 1. The number of ketones is 2. The molecule has 3 nitrogen and oxygen atoms in total. The minimum atomic E-state index is -0.277. The van der Waals surface area contributed by atoms with Gasteiger partial charge in [0.15, 0.2) is 11.6 Å². The van der Waals surface area contributed by atoms with E-state index in [2.05, 4.69) is 4.57 Å². The number of thioether (sulfide) groups is 1. The van der Waals surface area contributed by atoms with Crippen molar-refractivity contribution >= 4 is 23.3 Å². The highest BCUT2D eigenvalue weighted by Gasteiger charge is 2.40. The summed E-state index contributed by atoms with van der Waals surface area (Å²) in [4.78, 5) is 26.1. The van der Waals surface area contributed by atoms with E-state index in [0.717, 1.165) is 17.0 Å². The number of benzene rings is 2. The zero-order valence-corrected chi connectivity index (χ0v) is 14.8. The lowest BCUT2D eigenvalue weighted by Gasteiger charge is -2.17. The molecule has 2 aliphatic rings. The Labute approximate surface area is 153 Å². The maximum absolute atomic E-state index is 13.3. The maximum Gasteiger partial charge on any atom is 0.196 e. The second-order valence-electron chi connectivity index (χ2n) is 6.57. The number of fused-ring (bicyclic) bond motifs is 4. The number of halogens is 1. The second kappa shape index (κ2) is 5.42. The van der Waals surface area contributed by atoms with Crippen molar-refractivity contribution in [3.63, 3.8) is 0 Å². The van der Waals surface area contributed by atoms with E-state index in [0.29, 0.717) is 28.0 Å². The molecule has 1 aliphatic heterocycles. The van der Waals surface area contributed by atoms with Crippen LogP contribution in [-0.2, 0) is 5.75 Å². The summed E-state index contributed by atoms with van der Waals surface area (Å²) in [5.41, 5.74) is 4.69. The van der Waals surface area contributed by atoms with Crippen LogP contribution >= 0.6 is 11.8 Å². The summed E-state index contributed by atoms with van der Waals surface area (Å²) in [6, 6.07) is 13.4. The number of carbonyl (C=O) groups is 2. The lowest BCUT2D eigenvalue weighted by Crippen LogP contribution is -2.20. The van der Waals surface area contributed by atoms with Crippen molar-refractivity contribution in [2.45, 2.75) is 18.1 Å². The zero-order chi connectivity index (χ0) is 18.0. The molecule has 1 aliphatic carbocycles. The van der Waals surface area contributed by atoms with Crippen LogP contribution in [0.25, 0.3) is 0 Å². The molecular formula is C21H14FNO2S. The van der Waals surface area contributed by atoms with E-state index < -0.39 is 0 Å². The minimum Gasteiger partial charge on any atom is -0.330 e. The highest BCUT2D eigenvalue weighted by Crippen LogP contribution is 2.47. The smallest absolute Gasteiger partial charge is 0.196 e. The summed E-state index contributed by atoms with van der Waals surface area (Å²) in [6.07, 6.45) is 0. The molecule has 26 heavy (non-hydrogen) atoms. The van der Waals surface area contributed by atoms with Gasteiger partial charge >= 0.3 is 0 Å². The Morgan fingerprint density at radius 2 is 1.58 bits per heavy atom. The van der Waals surface area contributed by atoms with E-state index in [1.54, 1.807) is 48.2 Å². The molecule has 0 unspecified atom stereocenters. The van der Waals surface area contributed by atoms with Crippen molar-refractivity contribution < 1.29 is 14.0 Å². The Kier molecular flexibility index (Phi) is 3.25. The molecule has 0 bridgehead atoms. The first-order valence-corrected chi connectivity index (χ1v) is 9.42. The lowest BCUT2D eigenvalue weighted by molar-refractivity contribution is 0.0979. The van der Waals surface area contributed by atoms with Gasteiger partial charge in [-0.3, -0.25) is 9.59 Å². The van der Waals surface area contributed by atoms with Crippen LogP contribution in [0.1, 0.15) is 54.2 Å². The first-order valence-electron chi connectivity index (χ1n) is 8.37. The minimum absolute atomic E-state index is 0.0556. The highest BCUT2D eigenvalue weighted by atomic mass is 32.2. The first-order chi connectivity index (χ1) is 12.6. The van der Waals surface area contributed by atoms with E-state index in [9.17, 15) is 14.0 Å². The van der Waals surface area contributed by atoms with Crippen LogP contribution in [0.3, 0.4) is 0 Å². The van der Waals surface area contributed by atoms with E-state index in [1.165, 1.54) is 12.1 Å². The number of rotatable bonds is 1. The average molecular weight is 363 g/mol. The summed E-state index contributed by atoms with van der Waals surface area (Å²) in [6.45, 7) is 1.89. The van der Waals surface area contributed by atoms with Crippen molar-refractivity contribution in [2.24, 2.45) is 0 Å². The number of hydrogen-bond acceptors (Lipinski definition) is 3. The number of hydrogen-bond donors (Lipinski definition) is 0. The van der Waals surface area contributed by atoms with Crippen molar-refractivity contribution in [3.8, 4) is 0 Å². The van der Waals surface area contributed by atoms with Gasteiger partial charge in [-0.05, 0) is 24.6 Å². The average Bonchev–Trinajstić information content (AvgIpc) is 3.20. The van der Waals surface area contributed by atoms with Crippen LogP contribution in [0.2, 0.25) is 0 Å². The Morgan fingerprint density at radius 3 is 2.23 bits per heavy atom. The van der Waals surface area contributed by atoms with Gasteiger partial charge in [0.25, 0.3) is 0 Å². The van der Waals surface area contributed by atoms with Gasteiger partial charge in [-0.1, -0.05) is 36.4 Å². The standard InChI is InChI=1S/C21H14FNO2S/c1-11-17-18(20(25)15-5-3-2-4-14(15)19(17)24)16-10-26-21(23(11)16)12-6-8-13(22)9-7-12/h2-9,21H,10H2,1H3/t21-/m1/s1. The van der Waals surface area contributed by atoms with Crippen LogP contribution in [0.4, 0.5) is 4.39 Å². The predicted molar refractivity (Wildman–Crippen MR) is 98.3 cm³/mol. The van der Waals surface area contributed by atoms with Gasteiger partial charge in [0.1, 0.15) is 11.2 Å². The quantitative estimate of drug-likeness (QED) is 0.500. The first kappa shape index (κ1) is 15.6. The molecule has 0 N–H and O–H groups in total. The molecule has 5 rings (SSSR count). The normalized spacial score (nSPS) is 17.8. The van der Waals surface area contributed by atoms with E-state index >= 15 is 0 Å². The third-order valence-corrected chi connectivity index (χ3v) is 6.43. The third-order valence-electron chi connectivity index (χ3n) is 5.19. The Bertz CT molecular complexity index is 1100. The van der Waals surface area contributed by atoms with Gasteiger partial charge < -0.3 is 4.57 Å². The van der Waals surface area contributed by atoms with Gasteiger partial charge in [0.2, 0.25) is 0 Å². The van der Waals surface area contributed by atoms with Crippen LogP contribution in [-0.4, -0.2) is 16.1 Å². The summed E-state index contributed by atoms with van der Waals surface area (Å²) >= 11 is 1.69. The molecule has 2 aromatic carbocycles. The fourth-order valence-corrected chi connectivity index (χ4v) is 5.39. The summed E-state index contributed by atoms with van der Waals surface area (Å²) in [7, 11) is 0. The van der Waals surface area contributed by atoms with E-state index in [1.807, 2.05) is 6.92 Å². The Balaban J connectivity index is 1.72. The topological polar surface area (TPSA) is 39.1 Å². The molecule has 0 radical (unpaired) electrons. The van der Waals surface area contributed by atoms with Gasteiger partial charge in [-0.25, -0.2) is 4.39 Å². The summed E-state index contributed by atoms with van der Waals surface area (Å²) in [5, 5.41) is -0.0556. The van der Waals surface area contributed by atoms with Crippen LogP contribution < -0.4 is 0 Å². The fourth-order valence-electron chi connectivity index (χ4n) is 4.00. The van der Waals surface area contributed by atoms with Gasteiger partial charge in [0, 0.05) is 28.3 Å². The summed E-state index contributed by atoms with van der Waals surface area (Å²) in [5.74, 6) is 0.213. The van der Waals surface area contributed by atoms with Crippen molar-refractivity contribution in [1.82, 2.24) is 4.57 Å². The molecule has 128 valence electrons. The molecule has 2 heterocycles. The summed E-state index contributed by atoms with van der Waals surface area (Å²) < 4.78 is 15.4. The van der Waals surface area contributed by atoms with Crippen molar-refractivity contribution in [1.29, 1.82) is 0 Å². The lowest BCUT2D eigenvalue weighted by atomic mass is 9.84. The monoisotopic (exact) mass is 363 g/mol. The molecule has 3 aromatic rings. The van der Waals surface area contributed by atoms with Crippen LogP contribution in [0.5, 0.6) is 0 Å². The second-order valence-corrected chi connectivity index (χ2v) is 7.64. The number of carbonyl (C=O) groups excluding carboxylic acids is 2. The molecule has 0 spiro atoms. The van der Waals surface area contributed by atoms with Crippen molar-refractivity contribution in [2.75, 3.05) is 0 Å². The van der Waals surface area contributed by atoms with E-state index in [-0.39, 0.29) is 22.8 Å². The zero-order valence-electron chi connectivity index (χ0n) is 14.0. The van der Waals surface area contributed by atoms with Crippen LogP contribution in [0, 0.1) is 12.7 Å². The Morgan fingerprint density at radius 1 is 0.962 bits per heavy atom. The fraction of sp³-hybridized carbons (Fsp3) is 0.143. The van der Waals surface area contributed by atoms with Gasteiger partial charge in [-0.2, -0.15) is 0 Å². The molecule has 0 saturated heterocycles. The largest absolute Gasteiger partial charge is 0.330 e. The number of aromatic nitrogens is 1. The molecule has 1 aromatic heterocycles. The third kappa shape index (κ3) is 1.95. The van der Waals surface area contributed by atoms with Gasteiger partial charge in [0.05, 0.1) is 11.1 Å². The van der Waals surface area contributed by atoms with E-state index in [4.69, 9.17) is 0 Å². The molecule has 5 heteroatoms. The molecular weight excluding hydrogens is 349 g/mol. The van der Waals surface area contributed by atoms with Gasteiger partial charge in [-0.15, -0.1) is 11.8 Å². The highest BCUT2D eigenvalue weighted by molar-refractivity contribution is 7.99. The molecule has 1 atom stereocenters. The maximum atomic E-state index is 13.3. The molecule has 0 saturated carbocycles. The SMILES string of the molecule is Cc1c2c(c3n1[C@@H](c1ccc(F)cc1)SC3)C(=O)c1ccccc1C2=O. The molecule has 0 fully saturated rings. The molecule has 0 amide bonds.